The molecule has 3 rings (SSSR count). The molecule has 1 aliphatic rings. The largest absolute Gasteiger partial charge is 0.376 e. The van der Waals surface area contributed by atoms with Crippen LogP contribution in [-0.4, -0.2) is 28.3 Å². The molecule has 0 bridgehead atoms. The first-order chi connectivity index (χ1) is 12.3. The minimum atomic E-state index is -0.258. The lowest BCUT2D eigenvalue weighted by Gasteiger charge is -2.45. The van der Waals surface area contributed by atoms with E-state index in [0.717, 1.165) is 12.8 Å². The zero-order chi connectivity index (χ0) is 18.8. The zero-order valence-electron chi connectivity index (χ0n) is 16.0. The van der Waals surface area contributed by atoms with Gasteiger partial charge in [0.05, 0.1) is 12.1 Å². The van der Waals surface area contributed by atoms with Crippen molar-refractivity contribution in [2.24, 2.45) is 0 Å². The molecule has 140 valence electrons. The Kier molecular flexibility index (Phi) is 5.14. The molecule has 1 aliphatic heterocycles. The molecule has 1 amide bonds. The van der Waals surface area contributed by atoms with Crippen molar-refractivity contribution in [3.8, 4) is 0 Å². The van der Waals surface area contributed by atoms with E-state index in [9.17, 15) is 4.79 Å². The van der Waals surface area contributed by atoms with Crippen molar-refractivity contribution in [3.05, 3.63) is 47.1 Å². The monoisotopic (exact) mass is 357 g/mol. The van der Waals surface area contributed by atoms with Gasteiger partial charge in [0.2, 0.25) is 11.8 Å². The average molecular weight is 357 g/mol. The van der Waals surface area contributed by atoms with Crippen LogP contribution in [0.2, 0.25) is 0 Å². The highest BCUT2D eigenvalue weighted by atomic mass is 16.5. The quantitative estimate of drug-likeness (QED) is 0.889. The number of benzene rings is 1. The summed E-state index contributed by atoms with van der Waals surface area (Å²) in [5.74, 6) is 0.985. The highest BCUT2D eigenvalue weighted by Gasteiger charge is 2.44. The Hall–Kier alpha value is -2.21. The third kappa shape index (κ3) is 4.12. The van der Waals surface area contributed by atoms with E-state index in [-0.39, 0.29) is 23.5 Å². The molecule has 1 saturated heterocycles. The molecule has 26 heavy (non-hydrogen) atoms. The summed E-state index contributed by atoms with van der Waals surface area (Å²) in [6.07, 6.45) is 2.05. The van der Waals surface area contributed by atoms with Crippen LogP contribution in [-0.2, 0) is 21.5 Å². The molecule has 0 aliphatic carbocycles. The first-order valence-corrected chi connectivity index (χ1v) is 9.06. The van der Waals surface area contributed by atoms with Crippen LogP contribution in [0, 0.1) is 13.8 Å². The third-order valence-corrected chi connectivity index (χ3v) is 5.07. The van der Waals surface area contributed by atoms with Gasteiger partial charge >= 0.3 is 0 Å². The lowest BCUT2D eigenvalue weighted by atomic mass is 9.66. The smallest absolute Gasteiger partial charge is 0.223 e. The van der Waals surface area contributed by atoms with Crippen molar-refractivity contribution in [2.45, 2.75) is 64.5 Å². The Bertz CT molecular complexity index is 784. The summed E-state index contributed by atoms with van der Waals surface area (Å²) in [5.41, 5.74) is 1.96. The fourth-order valence-electron chi connectivity index (χ4n) is 4.08. The maximum atomic E-state index is 12.8. The normalized spacial score (nSPS) is 22.2. The van der Waals surface area contributed by atoms with Crippen molar-refractivity contribution in [2.75, 3.05) is 6.61 Å². The molecule has 1 aromatic heterocycles. The van der Waals surface area contributed by atoms with Gasteiger partial charge in [-0.1, -0.05) is 29.4 Å². The number of carbonyl (C=O) groups excluding carboxylic acids is 1. The van der Waals surface area contributed by atoms with Crippen LogP contribution in [0.4, 0.5) is 0 Å². The Balaban J connectivity index is 1.80. The van der Waals surface area contributed by atoms with E-state index >= 15 is 0 Å². The van der Waals surface area contributed by atoms with Crippen LogP contribution in [0.5, 0.6) is 0 Å². The van der Waals surface area contributed by atoms with E-state index in [0.29, 0.717) is 24.7 Å². The van der Waals surface area contributed by atoms with Gasteiger partial charge in [-0.25, -0.2) is 0 Å². The maximum absolute atomic E-state index is 12.8. The number of nitrogens with one attached hydrogen (secondary N) is 1. The van der Waals surface area contributed by atoms with Gasteiger partial charge in [-0.15, -0.1) is 0 Å². The van der Waals surface area contributed by atoms with Gasteiger partial charge in [0.1, 0.15) is 0 Å². The first kappa shape index (κ1) is 18.6. The second kappa shape index (κ2) is 7.19. The number of carbonyl (C=O) groups is 1. The minimum absolute atomic E-state index is 0.00611. The number of hydrogen-bond donors (Lipinski definition) is 1. The van der Waals surface area contributed by atoms with E-state index in [1.165, 1.54) is 11.1 Å². The summed E-state index contributed by atoms with van der Waals surface area (Å²) in [5, 5.41) is 6.76. The lowest BCUT2D eigenvalue weighted by molar-refractivity contribution is -0.126. The van der Waals surface area contributed by atoms with E-state index in [4.69, 9.17) is 9.26 Å². The average Bonchev–Trinajstić information content (AvgIpc) is 2.98. The van der Waals surface area contributed by atoms with E-state index in [2.05, 4.69) is 48.4 Å². The topological polar surface area (TPSA) is 77.2 Å². The number of hydrogen-bond acceptors (Lipinski definition) is 5. The Labute approximate surface area is 154 Å². The molecule has 2 aromatic rings. The number of aromatic nitrogens is 2. The second-order valence-corrected chi connectivity index (χ2v) is 7.81. The summed E-state index contributed by atoms with van der Waals surface area (Å²) >= 11 is 0. The second-order valence-electron chi connectivity index (χ2n) is 7.81. The van der Waals surface area contributed by atoms with Gasteiger partial charge in [0, 0.05) is 25.4 Å². The van der Waals surface area contributed by atoms with E-state index in [1.807, 2.05) is 12.1 Å². The van der Waals surface area contributed by atoms with Gasteiger partial charge in [-0.05, 0) is 44.7 Å². The molecule has 1 atom stereocenters. The molecule has 0 saturated carbocycles. The third-order valence-electron chi connectivity index (χ3n) is 5.07. The maximum Gasteiger partial charge on any atom is 0.223 e. The lowest BCUT2D eigenvalue weighted by Crippen LogP contribution is -2.46. The molecule has 6 nitrogen and oxygen atoms in total. The molecule has 2 heterocycles. The summed E-state index contributed by atoms with van der Waals surface area (Å²) in [4.78, 5) is 16.9. The summed E-state index contributed by atoms with van der Waals surface area (Å²) in [6.45, 7) is 8.96. The van der Waals surface area contributed by atoms with Crippen LogP contribution >= 0.6 is 0 Å². The summed E-state index contributed by atoms with van der Waals surface area (Å²) < 4.78 is 10.9. The van der Waals surface area contributed by atoms with Crippen molar-refractivity contribution in [1.29, 1.82) is 0 Å². The van der Waals surface area contributed by atoms with E-state index < -0.39 is 0 Å². The van der Waals surface area contributed by atoms with Crippen LogP contribution in [0.15, 0.2) is 28.8 Å². The van der Waals surface area contributed by atoms with Crippen LogP contribution in [0.3, 0.4) is 0 Å². The predicted molar refractivity (Wildman–Crippen MR) is 97.6 cm³/mol. The molecule has 6 heteroatoms. The fourth-order valence-corrected chi connectivity index (χ4v) is 4.08. The SMILES string of the molecule is Cc1nc(CNC(=O)CC2(c3ccccc3C)CCOC(C)(C)C2)no1. The fraction of sp³-hybridized carbons (Fsp3) is 0.550. The van der Waals surface area contributed by atoms with E-state index in [1.54, 1.807) is 6.92 Å². The number of ether oxygens (including phenoxy) is 1. The van der Waals surface area contributed by atoms with Crippen LogP contribution in [0.25, 0.3) is 0 Å². The number of amides is 1. The molecule has 1 N–H and O–H groups in total. The van der Waals surface area contributed by atoms with Gasteiger partial charge in [0.25, 0.3) is 0 Å². The highest BCUT2D eigenvalue weighted by molar-refractivity contribution is 5.77. The zero-order valence-corrected chi connectivity index (χ0v) is 16.0. The van der Waals surface area contributed by atoms with Gasteiger partial charge < -0.3 is 14.6 Å². The van der Waals surface area contributed by atoms with Crippen LogP contribution in [0.1, 0.15) is 56.0 Å². The van der Waals surface area contributed by atoms with Gasteiger partial charge in [-0.3, -0.25) is 4.79 Å². The van der Waals surface area contributed by atoms with Crippen molar-refractivity contribution in [1.82, 2.24) is 15.5 Å². The van der Waals surface area contributed by atoms with Gasteiger partial charge in [-0.2, -0.15) is 4.98 Å². The molecule has 1 aromatic carbocycles. The summed E-state index contributed by atoms with van der Waals surface area (Å²) in [6, 6.07) is 8.34. The van der Waals surface area contributed by atoms with Crippen molar-refractivity contribution < 1.29 is 14.1 Å². The molecule has 1 fully saturated rings. The van der Waals surface area contributed by atoms with Crippen molar-refractivity contribution >= 4 is 5.91 Å². The van der Waals surface area contributed by atoms with Crippen LogP contribution < -0.4 is 5.32 Å². The molecule has 1 unspecified atom stereocenters. The number of aryl methyl sites for hydroxylation is 2. The standard InChI is InChI=1S/C20H27N3O3/c1-14-7-5-6-8-16(14)20(9-10-25-19(3,4)13-20)11-18(24)21-12-17-22-15(2)26-23-17/h5-8H,9-13H2,1-4H3,(H,21,24). The molecular formula is C20H27N3O3. The molecular weight excluding hydrogens is 330 g/mol. The minimum Gasteiger partial charge on any atom is -0.376 e. The first-order valence-electron chi connectivity index (χ1n) is 9.06. The summed E-state index contributed by atoms with van der Waals surface area (Å²) in [7, 11) is 0. The Morgan fingerprint density at radius 1 is 1.27 bits per heavy atom. The molecule has 0 radical (unpaired) electrons. The number of nitrogens with zero attached hydrogens (tertiary/aromatic N) is 2. The Morgan fingerprint density at radius 2 is 2.04 bits per heavy atom. The highest BCUT2D eigenvalue weighted by Crippen LogP contribution is 2.45. The van der Waals surface area contributed by atoms with Crippen molar-refractivity contribution in [3.63, 3.8) is 0 Å². The van der Waals surface area contributed by atoms with Gasteiger partial charge in [0.15, 0.2) is 5.82 Å². The Morgan fingerprint density at radius 3 is 2.69 bits per heavy atom. The molecule has 0 spiro atoms. The predicted octanol–water partition coefficient (Wildman–Crippen LogP) is 3.22. The number of rotatable bonds is 5.